The molecule has 1 heterocycles. The van der Waals surface area contributed by atoms with E-state index in [0.717, 1.165) is 0 Å². The van der Waals surface area contributed by atoms with E-state index in [2.05, 4.69) is 10.1 Å². The Balaban J connectivity index is 1.58. The van der Waals surface area contributed by atoms with Gasteiger partial charge in [-0.3, -0.25) is 4.79 Å². The van der Waals surface area contributed by atoms with E-state index < -0.39 is 34.5 Å². The van der Waals surface area contributed by atoms with Crippen molar-refractivity contribution < 1.29 is 37.0 Å². The summed E-state index contributed by atoms with van der Waals surface area (Å²) in [4.78, 5) is 36.2. The van der Waals surface area contributed by atoms with Crippen LogP contribution in [-0.4, -0.2) is 70.6 Å². The molecule has 0 bridgehead atoms. The lowest BCUT2D eigenvalue weighted by molar-refractivity contribution is -0.119. The van der Waals surface area contributed by atoms with E-state index in [-0.39, 0.29) is 29.1 Å². The highest BCUT2D eigenvalue weighted by Crippen LogP contribution is 2.19. The number of carbonyl (C=O) groups excluding carboxylic acids is 3. The van der Waals surface area contributed by atoms with Crippen molar-refractivity contribution in [2.75, 3.05) is 45.3 Å². The molecule has 32 heavy (non-hydrogen) atoms. The van der Waals surface area contributed by atoms with E-state index in [1.54, 1.807) is 12.1 Å². The van der Waals surface area contributed by atoms with Crippen molar-refractivity contribution in [3.8, 4) is 0 Å². The highest BCUT2D eigenvalue weighted by atomic mass is 32.2. The summed E-state index contributed by atoms with van der Waals surface area (Å²) in [6.45, 7) is 0.658. The predicted octanol–water partition coefficient (Wildman–Crippen LogP) is 1.29. The summed E-state index contributed by atoms with van der Waals surface area (Å²) in [5, 5.41) is 2.52. The second-order valence-corrected chi connectivity index (χ2v) is 8.64. The Morgan fingerprint density at radius 3 is 2.16 bits per heavy atom. The molecule has 0 spiro atoms. The van der Waals surface area contributed by atoms with Gasteiger partial charge in [-0.25, -0.2) is 18.0 Å². The van der Waals surface area contributed by atoms with E-state index in [9.17, 15) is 22.8 Å². The van der Waals surface area contributed by atoms with Gasteiger partial charge in [0, 0.05) is 18.8 Å². The van der Waals surface area contributed by atoms with E-state index >= 15 is 0 Å². The second kappa shape index (κ2) is 10.4. The average Bonchev–Trinajstić information content (AvgIpc) is 2.83. The van der Waals surface area contributed by atoms with E-state index in [1.807, 2.05) is 0 Å². The fourth-order valence-corrected chi connectivity index (χ4v) is 4.41. The van der Waals surface area contributed by atoms with E-state index in [1.165, 1.54) is 47.8 Å². The van der Waals surface area contributed by atoms with Crippen molar-refractivity contribution in [1.82, 2.24) is 4.31 Å². The van der Waals surface area contributed by atoms with Crippen LogP contribution >= 0.6 is 0 Å². The number of carbonyl (C=O) groups is 3. The number of morpholine rings is 1. The number of nitrogens with zero attached hydrogens (tertiary/aromatic N) is 1. The maximum Gasteiger partial charge on any atom is 0.339 e. The molecule has 10 nitrogen and oxygen atoms in total. The van der Waals surface area contributed by atoms with Crippen molar-refractivity contribution in [3.63, 3.8) is 0 Å². The number of amides is 1. The molecule has 1 N–H and O–H groups in total. The summed E-state index contributed by atoms with van der Waals surface area (Å²) in [6, 6.07) is 11.6. The van der Waals surface area contributed by atoms with Crippen molar-refractivity contribution in [1.29, 1.82) is 0 Å². The normalized spacial score (nSPS) is 14.4. The zero-order valence-electron chi connectivity index (χ0n) is 17.3. The van der Waals surface area contributed by atoms with Gasteiger partial charge in [0.15, 0.2) is 6.61 Å². The summed E-state index contributed by atoms with van der Waals surface area (Å²) < 4.78 is 41.4. The largest absolute Gasteiger partial charge is 0.465 e. The lowest BCUT2D eigenvalue weighted by Crippen LogP contribution is -2.40. The van der Waals surface area contributed by atoms with Crippen LogP contribution in [0.1, 0.15) is 20.7 Å². The standard InChI is InChI=1S/C21H22N2O8S/c1-29-20(25)17-4-2-3-5-18(17)21(26)31-14-19(24)22-15-6-8-16(9-7-15)32(27,28)23-10-12-30-13-11-23/h2-9H,10-14H2,1H3,(H,22,24). The van der Waals surface area contributed by atoms with Crippen LogP contribution in [0, 0.1) is 0 Å². The number of methoxy groups -OCH3 is 1. The molecule has 1 aliphatic rings. The van der Waals surface area contributed by atoms with E-state index in [4.69, 9.17) is 9.47 Å². The molecule has 3 rings (SSSR count). The minimum Gasteiger partial charge on any atom is -0.465 e. The Morgan fingerprint density at radius 1 is 0.969 bits per heavy atom. The fraction of sp³-hybridized carbons (Fsp3) is 0.286. The molecular weight excluding hydrogens is 440 g/mol. The van der Waals surface area contributed by atoms with Crippen LogP contribution in [0.25, 0.3) is 0 Å². The van der Waals surface area contributed by atoms with Crippen LogP contribution in [0.5, 0.6) is 0 Å². The Morgan fingerprint density at radius 2 is 1.56 bits per heavy atom. The quantitative estimate of drug-likeness (QED) is 0.610. The van der Waals surface area contributed by atoms with Gasteiger partial charge in [-0.2, -0.15) is 4.31 Å². The first-order valence-electron chi connectivity index (χ1n) is 9.65. The number of hydrogen-bond acceptors (Lipinski definition) is 8. The van der Waals surface area contributed by atoms with Crippen LogP contribution in [0.2, 0.25) is 0 Å². The van der Waals surface area contributed by atoms with Crippen LogP contribution < -0.4 is 5.32 Å². The third kappa shape index (κ3) is 5.49. The number of hydrogen-bond donors (Lipinski definition) is 1. The molecule has 1 amide bonds. The van der Waals surface area contributed by atoms with Gasteiger partial charge < -0.3 is 19.5 Å². The Kier molecular flexibility index (Phi) is 7.57. The van der Waals surface area contributed by atoms with Gasteiger partial charge in [-0.05, 0) is 36.4 Å². The first-order chi connectivity index (χ1) is 15.3. The van der Waals surface area contributed by atoms with Crippen molar-refractivity contribution in [3.05, 3.63) is 59.7 Å². The molecular formula is C21H22N2O8S. The molecule has 0 radical (unpaired) electrons. The summed E-state index contributed by atoms with van der Waals surface area (Å²) in [7, 11) is -2.45. The third-order valence-electron chi connectivity index (χ3n) is 4.63. The highest BCUT2D eigenvalue weighted by Gasteiger charge is 2.26. The highest BCUT2D eigenvalue weighted by molar-refractivity contribution is 7.89. The molecule has 0 unspecified atom stereocenters. The molecule has 0 atom stereocenters. The summed E-state index contributed by atoms with van der Waals surface area (Å²) in [6.07, 6.45) is 0. The molecule has 11 heteroatoms. The average molecular weight is 462 g/mol. The number of nitrogens with one attached hydrogen (secondary N) is 1. The molecule has 170 valence electrons. The van der Waals surface area contributed by atoms with Gasteiger partial charge in [0.05, 0.1) is 36.3 Å². The zero-order chi connectivity index (χ0) is 23.1. The summed E-state index contributed by atoms with van der Waals surface area (Å²) >= 11 is 0. The van der Waals surface area contributed by atoms with Gasteiger partial charge in [0.25, 0.3) is 5.91 Å². The molecule has 1 saturated heterocycles. The number of benzene rings is 2. The molecule has 0 aromatic heterocycles. The second-order valence-electron chi connectivity index (χ2n) is 6.70. The molecule has 2 aromatic carbocycles. The number of sulfonamides is 1. The van der Waals surface area contributed by atoms with Crippen LogP contribution in [-0.2, 0) is 29.0 Å². The minimum absolute atomic E-state index is 0.0233. The van der Waals surface area contributed by atoms with Crippen LogP contribution in [0.3, 0.4) is 0 Å². The van der Waals surface area contributed by atoms with Crippen molar-refractivity contribution in [2.24, 2.45) is 0 Å². The topological polar surface area (TPSA) is 128 Å². The first kappa shape index (κ1) is 23.4. The third-order valence-corrected chi connectivity index (χ3v) is 6.55. The maximum absolute atomic E-state index is 12.6. The smallest absolute Gasteiger partial charge is 0.339 e. The Labute approximate surface area is 185 Å². The lowest BCUT2D eigenvalue weighted by atomic mass is 10.1. The molecule has 0 saturated carbocycles. The molecule has 2 aromatic rings. The van der Waals surface area contributed by atoms with Gasteiger partial charge in [-0.1, -0.05) is 12.1 Å². The van der Waals surface area contributed by atoms with Gasteiger partial charge in [0.1, 0.15) is 0 Å². The zero-order valence-corrected chi connectivity index (χ0v) is 18.1. The number of esters is 2. The molecule has 1 fully saturated rings. The van der Waals surface area contributed by atoms with E-state index in [0.29, 0.717) is 18.9 Å². The lowest BCUT2D eigenvalue weighted by Gasteiger charge is -2.26. The minimum atomic E-state index is -3.64. The van der Waals surface area contributed by atoms with Crippen molar-refractivity contribution >= 4 is 33.6 Å². The number of anilines is 1. The van der Waals surface area contributed by atoms with Crippen LogP contribution in [0.4, 0.5) is 5.69 Å². The molecule has 0 aliphatic carbocycles. The van der Waals surface area contributed by atoms with Gasteiger partial charge in [0.2, 0.25) is 10.0 Å². The van der Waals surface area contributed by atoms with Gasteiger partial charge in [-0.15, -0.1) is 0 Å². The summed E-state index contributed by atoms with van der Waals surface area (Å²) in [5.74, 6) is -2.18. The Bertz CT molecular complexity index is 1090. The number of ether oxygens (including phenoxy) is 3. The first-order valence-corrected chi connectivity index (χ1v) is 11.1. The monoisotopic (exact) mass is 462 g/mol. The Hall–Kier alpha value is -3.28. The molecule has 1 aliphatic heterocycles. The van der Waals surface area contributed by atoms with Crippen molar-refractivity contribution in [2.45, 2.75) is 4.90 Å². The summed E-state index contributed by atoms with van der Waals surface area (Å²) in [5.41, 5.74) is 0.337. The van der Waals surface area contributed by atoms with Crippen LogP contribution in [0.15, 0.2) is 53.4 Å². The number of rotatable bonds is 7. The predicted molar refractivity (Wildman–Crippen MR) is 113 cm³/mol. The van der Waals surface area contributed by atoms with Gasteiger partial charge >= 0.3 is 11.9 Å². The SMILES string of the molecule is COC(=O)c1ccccc1C(=O)OCC(=O)Nc1ccc(S(=O)(=O)N2CCOCC2)cc1. The maximum atomic E-state index is 12.6. The fourth-order valence-electron chi connectivity index (χ4n) is 3.00.